The van der Waals surface area contributed by atoms with Crippen LogP contribution in [0.3, 0.4) is 0 Å². The van der Waals surface area contributed by atoms with E-state index in [1.807, 2.05) is 29.8 Å². The molecule has 0 aliphatic heterocycles. The molecule has 0 saturated carbocycles. The van der Waals surface area contributed by atoms with E-state index in [0.29, 0.717) is 5.92 Å². The summed E-state index contributed by atoms with van der Waals surface area (Å²) in [5.41, 5.74) is 2.81. The number of anilines is 2. The van der Waals surface area contributed by atoms with Crippen molar-refractivity contribution in [2.45, 2.75) is 26.7 Å². The zero-order valence-corrected chi connectivity index (χ0v) is 15.6. The highest BCUT2D eigenvalue weighted by Gasteiger charge is 2.21. The van der Waals surface area contributed by atoms with Gasteiger partial charge in [0.1, 0.15) is 6.26 Å². The molecule has 0 aliphatic rings. The third kappa shape index (κ3) is 4.58. The Morgan fingerprint density at radius 1 is 1.28 bits per heavy atom. The zero-order valence-electron chi connectivity index (χ0n) is 14.8. The second kappa shape index (κ2) is 7.24. The van der Waals surface area contributed by atoms with Gasteiger partial charge in [0.15, 0.2) is 5.69 Å². The van der Waals surface area contributed by atoms with Crippen molar-refractivity contribution in [1.29, 1.82) is 0 Å². The predicted molar refractivity (Wildman–Crippen MR) is 95.1 cm³/mol. The van der Waals surface area contributed by atoms with E-state index in [1.165, 1.54) is 14.1 Å². The van der Waals surface area contributed by atoms with Crippen LogP contribution < -0.4 is 10.0 Å². The van der Waals surface area contributed by atoms with Crippen molar-refractivity contribution in [2.24, 2.45) is 0 Å². The molecule has 0 unspecified atom stereocenters. The Hall–Kier alpha value is -2.39. The number of aryl methyl sites for hydroxylation is 1. The highest BCUT2D eigenvalue weighted by Crippen LogP contribution is 2.25. The lowest BCUT2D eigenvalue weighted by molar-refractivity contribution is 0.0975. The summed E-state index contributed by atoms with van der Waals surface area (Å²) in [5, 5.41) is 3.01. The molecule has 2 aromatic rings. The van der Waals surface area contributed by atoms with Gasteiger partial charge in [-0.15, -0.1) is 0 Å². The summed E-state index contributed by atoms with van der Waals surface area (Å²) >= 11 is 0. The van der Waals surface area contributed by atoms with E-state index in [0.717, 1.165) is 27.4 Å². The molecule has 0 bridgehead atoms. The van der Waals surface area contributed by atoms with Crippen molar-refractivity contribution in [3.63, 3.8) is 0 Å². The second-order valence-corrected chi connectivity index (χ2v) is 8.00. The van der Waals surface area contributed by atoms with E-state index in [4.69, 9.17) is 4.42 Å². The van der Waals surface area contributed by atoms with Crippen LogP contribution in [0.5, 0.6) is 0 Å². The van der Waals surface area contributed by atoms with Crippen LogP contribution in [-0.2, 0) is 10.2 Å². The summed E-state index contributed by atoms with van der Waals surface area (Å²) < 4.78 is 31.4. The molecule has 0 aliphatic carbocycles. The summed E-state index contributed by atoms with van der Waals surface area (Å²) in [6.07, 6.45) is 1.10. The molecule has 8 nitrogen and oxygen atoms in total. The van der Waals surface area contributed by atoms with Crippen molar-refractivity contribution in [1.82, 2.24) is 14.0 Å². The molecule has 0 fully saturated rings. The minimum atomic E-state index is -3.89. The predicted octanol–water partition coefficient (Wildman–Crippen LogP) is 2.39. The van der Waals surface area contributed by atoms with Crippen LogP contribution in [0.2, 0.25) is 0 Å². The number of amides is 1. The Kier molecular flexibility index (Phi) is 5.48. The first kappa shape index (κ1) is 18.9. The quantitative estimate of drug-likeness (QED) is 0.813. The number of nitrogens with zero attached hydrogens (tertiary/aromatic N) is 2. The summed E-state index contributed by atoms with van der Waals surface area (Å²) in [7, 11) is -1.25. The molecule has 2 rings (SSSR count). The van der Waals surface area contributed by atoms with Crippen molar-refractivity contribution in [3.8, 4) is 0 Å². The third-order valence-corrected chi connectivity index (χ3v) is 5.01. The Morgan fingerprint density at radius 3 is 2.56 bits per heavy atom. The molecule has 0 atom stereocenters. The van der Waals surface area contributed by atoms with Crippen molar-refractivity contribution in [2.75, 3.05) is 19.4 Å². The van der Waals surface area contributed by atoms with Crippen LogP contribution in [0.1, 0.15) is 41.4 Å². The lowest BCUT2D eigenvalue weighted by Crippen LogP contribution is -2.39. The SMILES string of the molecule is Cc1ccc(C(C)C)cc1Nc1nc(C(=O)NS(=O)(=O)N(C)C)co1. The van der Waals surface area contributed by atoms with Gasteiger partial charge in [0.25, 0.3) is 11.9 Å². The van der Waals surface area contributed by atoms with Crippen LogP contribution in [0.25, 0.3) is 0 Å². The largest absolute Gasteiger partial charge is 0.431 e. The normalized spacial score (nSPS) is 11.8. The Balaban J connectivity index is 2.17. The number of carbonyl (C=O) groups excluding carboxylic acids is 1. The fourth-order valence-electron chi connectivity index (χ4n) is 1.94. The van der Waals surface area contributed by atoms with Crippen LogP contribution >= 0.6 is 0 Å². The average Bonchev–Trinajstić information content (AvgIpc) is 2.97. The highest BCUT2D eigenvalue weighted by atomic mass is 32.2. The summed E-state index contributed by atoms with van der Waals surface area (Å²) in [4.78, 5) is 16.0. The molecule has 0 saturated heterocycles. The van der Waals surface area contributed by atoms with Crippen molar-refractivity contribution < 1.29 is 17.6 Å². The van der Waals surface area contributed by atoms with E-state index >= 15 is 0 Å². The number of nitrogens with one attached hydrogen (secondary N) is 2. The number of carbonyl (C=O) groups is 1. The van der Waals surface area contributed by atoms with E-state index < -0.39 is 16.1 Å². The van der Waals surface area contributed by atoms with Gasteiger partial charge in [0.2, 0.25) is 0 Å². The molecule has 2 N–H and O–H groups in total. The van der Waals surface area contributed by atoms with Gasteiger partial charge in [-0.2, -0.15) is 17.7 Å². The number of hydrogen-bond donors (Lipinski definition) is 2. The number of benzene rings is 1. The number of oxazole rings is 1. The van der Waals surface area contributed by atoms with E-state index in [-0.39, 0.29) is 11.7 Å². The maximum atomic E-state index is 12.0. The van der Waals surface area contributed by atoms with Gasteiger partial charge in [-0.1, -0.05) is 26.0 Å². The molecule has 0 spiro atoms. The number of rotatable bonds is 6. The molecular formula is C16H22N4O4S. The molecule has 1 aromatic carbocycles. The maximum Gasteiger partial charge on any atom is 0.303 e. The highest BCUT2D eigenvalue weighted by molar-refractivity contribution is 7.87. The van der Waals surface area contributed by atoms with Gasteiger partial charge in [0, 0.05) is 19.8 Å². The van der Waals surface area contributed by atoms with Gasteiger partial charge in [0.05, 0.1) is 0 Å². The fourth-order valence-corrected chi connectivity index (χ4v) is 2.47. The van der Waals surface area contributed by atoms with Gasteiger partial charge >= 0.3 is 10.2 Å². The molecular weight excluding hydrogens is 344 g/mol. The summed E-state index contributed by atoms with van der Waals surface area (Å²) in [6, 6.07) is 6.13. The molecule has 1 aromatic heterocycles. The minimum Gasteiger partial charge on any atom is -0.431 e. The zero-order chi connectivity index (χ0) is 18.8. The molecule has 25 heavy (non-hydrogen) atoms. The standard InChI is InChI=1S/C16H22N4O4S/c1-10(2)12-7-6-11(3)13(8-12)17-16-18-14(9-24-16)15(21)19-25(22,23)20(4)5/h6-10H,1-5H3,(H,17,18)(H,19,21). The Labute approximate surface area is 147 Å². The van der Waals surface area contributed by atoms with Crippen LogP contribution in [-0.4, -0.2) is 37.7 Å². The minimum absolute atomic E-state index is 0.108. The van der Waals surface area contributed by atoms with E-state index in [9.17, 15) is 13.2 Å². The number of aromatic nitrogens is 1. The molecule has 1 heterocycles. The first-order valence-corrected chi connectivity index (χ1v) is 9.12. The smallest absolute Gasteiger partial charge is 0.303 e. The average molecular weight is 366 g/mol. The lowest BCUT2D eigenvalue weighted by Gasteiger charge is -2.11. The molecule has 0 radical (unpaired) electrons. The fraction of sp³-hybridized carbons (Fsp3) is 0.375. The maximum absolute atomic E-state index is 12.0. The third-order valence-electron chi connectivity index (χ3n) is 3.61. The first-order valence-electron chi connectivity index (χ1n) is 7.68. The topological polar surface area (TPSA) is 105 Å². The Bertz CT molecular complexity index is 872. The van der Waals surface area contributed by atoms with Gasteiger partial charge in [-0.05, 0) is 30.0 Å². The van der Waals surface area contributed by atoms with Crippen molar-refractivity contribution >= 4 is 27.8 Å². The number of hydrogen-bond acceptors (Lipinski definition) is 6. The van der Waals surface area contributed by atoms with Crippen LogP contribution in [0.15, 0.2) is 28.9 Å². The first-order chi connectivity index (χ1) is 11.6. The Morgan fingerprint density at radius 2 is 1.96 bits per heavy atom. The van der Waals surface area contributed by atoms with E-state index in [2.05, 4.69) is 24.1 Å². The van der Waals surface area contributed by atoms with Crippen molar-refractivity contribution in [3.05, 3.63) is 41.3 Å². The van der Waals surface area contributed by atoms with Crippen LogP contribution in [0.4, 0.5) is 11.7 Å². The molecule has 136 valence electrons. The molecule has 9 heteroatoms. The van der Waals surface area contributed by atoms with Crippen LogP contribution in [0, 0.1) is 6.92 Å². The lowest BCUT2D eigenvalue weighted by atomic mass is 10.0. The second-order valence-electron chi connectivity index (χ2n) is 6.11. The monoisotopic (exact) mass is 366 g/mol. The van der Waals surface area contributed by atoms with Gasteiger partial charge < -0.3 is 9.73 Å². The molecule has 1 amide bonds. The van der Waals surface area contributed by atoms with Gasteiger partial charge in [-0.25, -0.2) is 4.72 Å². The summed E-state index contributed by atoms with van der Waals surface area (Å²) in [6.45, 7) is 6.12. The summed E-state index contributed by atoms with van der Waals surface area (Å²) in [5.74, 6) is -0.499. The van der Waals surface area contributed by atoms with E-state index in [1.54, 1.807) is 0 Å². The van der Waals surface area contributed by atoms with Gasteiger partial charge in [-0.3, -0.25) is 4.79 Å².